The Bertz CT molecular complexity index is 1550. The van der Waals surface area contributed by atoms with E-state index in [4.69, 9.17) is 14.5 Å². The minimum atomic E-state index is -0.583. The quantitative estimate of drug-likeness (QED) is 0.323. The number of imidazole rings is 1. The van der Waals surface area contributed by atoms with Gasteiger partial charge in [-0.05, 0) is 12.1 Å². The van der Waals surface area contributed by atoms with Crippen molar-refractivity contribution in [1.82, 2.24) is 34.3 Å². The third kappa shape index (κ3) is 4.78. The van der Waals surface area contributed by atoms with Gasteiger partial charge in [-0.3, -0.25) is 9.67 Å². The second-order valence-corrected chi connectivity index (χ2v) is 8.18. The number of pyridine rings is 1. The lowest BCUT2D eigenvalue weighted by molar-refractivity contribution is 0.274. The molecule has 0 radical (unpaired) electrons. The van der Waals surface area contributed by atoms with Crippen molar-refractivity contribution < 1.29 is 19.0 Å². The van der Waals surface area contributed by atoms with E-state index in [1.54, 1.807) is 57.1 Å². The lowest BCUT2D eigenvalue weighted by Gasteiger charge is -2.25. The molecule has 5 rings (SSSR count). The van der Waals surface area contributed by atoms with Gasteiger partial charge in [-0.2, -0.15) is 5.10 Å². The van der Waals surface area contributed by atoms with E-state index < -0.39 is 5.82 Å². The van der Waals surface area contributed by atoms with Gasteiger partial charge in [0, 0.05) is 49.9 Å². The monoisotopic (exact) mass is 504 g/mol. The molecule has 0 fully saturated rings. The molecule has 12 heteroatoms. The molecule has 0 bridgehead atoms. The molecular weight excluding hydrogens is 479 g/mol. The van der Waals surface area contributed by atoms with Crippen molar-refractivity contribution in [1.29, 1.82) is 0 Å². The van der Waals surface area contributed by atoms with E-state index in [1.165, 1.54) is 20.3 Å². The number of hydrogen-bond donors (Lipinski definition) is 1. The van der Waals surface area contributed by atoms with Gasteiger partial charge in [-0.25, -0.2) is 19.3 Å². The molecule has 0 saturated carbocycles. The largest absolute Gasteiger partial charge is 0.497 e. The molecule has 0 aliphatic rings. The fourth-order valence-corrected chi connectivity index (χ4v) is 3.99. The number of halogens is 1. The van der Waals surface area contributed by atoms with Crippen LogP contribution in [0.1, 0.15) is 5.82 Å². The molecule has 11 nitrogen and oxygen atoms in total. The third-order valence-corrected chi connectivity index (χ3v) is 5.85. The first kappa shape index (κ1) is 24.1. The maximum absolute atomic E-state index is 15.6. The van der Waals surface area contributed by atoms with Crippen molar-refractivity contribution in [2.45, 2.75) is 13.1 Å². The molecule has 190 valence electrons. The average molecular weight is 505 g/mol. The van der Waals surface area contributed by atoms with Crippen LogP contribution in [0.5, 0.6) is 11.5 Å². The molecule has 0 spiro atoms. The predicted octanol–water partition coefficient (Wildman–Crippen LogP) is 3.11. The number of rotatable bonds is 9. The molecule has 0 amide bonds. The van der Waals surface area contributed by atoms with E-state index in [1.807, 2.05) is 13.2 Å². The summed E-state index contributed by atoms with van der Waals surface area (Å²) in [4.78, 5) is 20.0. The maximum Gasteiger partial charge on any atom is 0.188 e. The smallest absolute Gasteiger partial charge is 0.188 e. The number of aromatic nitrogens is 7. The number of ether oxygens (including phenoxy) is 2. The zero-order valence-electron chi connectivity index (χ0n) is 20.5. The molecule has 4 heterocycles. The lowest BCUT2D eigenvalue weighted by Crippen LogP contribution is -2.22. The standard InChI is InChI=1S/C25H25FN8O3/c1-32-14-16(12-29-32)19-13-28-18-4-5-22(31-25(18)30-19)34(15-23-27-6-7-33(23)8-9-35)20-10-17(36-2)11-21(37-3)24(20)26/h4-7,10-14,35H,8-9,15H2,1-3H3. The Hall–Kier alpha value is -4.58. The summed E-state index contributed by atoms with van der Waals surface area (Å²) in [6.45, 7) is 0.429. The van der Waals surface area contributed by atoms with Crippen molar-refractivity contribution in [2.24, 2.45) is 7.05 Å². The molecular formula is C25H25FN8O3. The Morgan fingerprint density at radius 3 is 2.68 bits per heavy atom. The highest BCUT2D eigenvalue weighted by atomic mass is 19.1. The summed E-state index contributed by atoms with van der Waals surface area (Å²) in [7, 11) is 4.71. The van der Waals surface area contributed by atoms with Crippen LogP contribution < -0.4 is 14.4 Å². The molecule has 0 saturated heterocycles. The Balaban J connectivity index is 1.65. The van der Waals surface area contributed by atoms with E-state index >= 15 is 4.39 Å². The van der Waals surface area contributed by atoms with E-state index in [0.717, 1.165) is 5.56 Å². The predicted molar refractivity (Wildman–Crippen MR) is 134 cm³/mol. The molecule has 1 aromatic carbocycles. The van der Waals surface area contributed by atoms with Crippen LogP contribution in [-0.4, -0.2) is 60.2 Å². The fourth-order valence-electron chi connectivity index (χ4n) is 3.99. The van der Waals surface area contributed by atoms with Gasteiger partial charge in [0.1, 0.15) is 22.9 Å². The molecule has 1 N–H and O–H groups in total. The average Bonchev–Trinajstić information content (AvgIpc) is 3.55. The maximum atomic E-state index is 15.6. The number of hydrogen-bond acceptors (Lipinski definition) is 9. The number of methoxy groups -OCH3 is 2. The topological polar surface area (TPSA) is 116 Å². The first-order chi connectivity index (χ1) is 18.0. The molecule has 0 aliphatic heterocycles. The van der Waals surface area contributed by atoms with Crippen LogP contribution in [0.3, 0.4) is 0 Å². The van der Waals surface area contributed by atoms with Crippen LogP contribution in [0, 0.1) is 5.82 Å². The minimum absolute atomic E-state index is 0.0255. The molecule has 4 aromatic heterocycles. The fraction of sp³-hybridized carbons (Fsp3) is 0.240. The zero-order chi connectivity index (χ0) is 25.9. The molecule has 0 unspecified atom stereocenters. The minimum Gasteiger partial charge on any atom is -0.497 e. The van der Waals surface area contributed by atoms with Crippen LogP contribution in [0.25, 0.3) is 22.4 Å². The lowest BCUT2D eigenvalue weighted by atomic mass is 10.2. The first-order valence-electron chi connectivity index (χ1n) is 11.4. The summed E-state index contributed by atoms with van der Waals surface area (Å²) < 4.78 is 29.8. The van der Waals surface area contributed by atoms with E-state index in [-0.39, 0.29) is 24.6 Å². The highest BCUT2D eigenvalue weighted by Gasteiger charge is 2.23. The number of aryl methyl sites for hydroxylation is 1. The number of aliphatic hydroxyl groups excluding tert-OH is 1. The highest BCUT2D eigenvalue weighted by Crippen LogP contribution is 2.37. The van der Waals surface area contributed by atoms with E-state index in [0.29, 0.717) is 40.8 Å². The van der Waals surface area contributed by atoms with Crippen LogP contribution in [0.4, 0.5) is 15.9 Å². The van der Waals surface area contributed by atoms with Gasteiger partial charge >= 0.3 is 0 Å². The summed E-state index contributed by atoms with van der Waals surface area (Å²) in [5, 5.41) is 13.7. The van der Waals surface area contributed by atoms with Crippen LogP contribution in [-0.2, 0) is 20.1 Å². The van der Waals surface area contributed by atoms with Gasteiger partial charge in [-0.15, -0.1) is 0 Å². The van der Waals surface area contributed by atoms with Crippen molar-refractivity contribution >= 4 is 22.7 Å². The van der Waals surface area contributed by atoms with Crippen molar-refractivity contribution in [3.8, 4) is 22.8 Å². The number of aliphatic hydroxyl groups is 1. The summed E-state index contributed by atoms with van der Waals surface area (Å²) in [6, 6.07) is 6.57. The number of nitrogens with zero attached hydrogens (tertiary/aromatic N) is 8. The van der Waals surface area contributed by atoms with Gasteiger partial charge in [0.25, 0.3) is 0 Å². The van der Waals surface area contributed by atoms with Crippen LogP contribution in [0.2, 0.25) is 0 Å². The normalized spacial score (nSPS) is 11.2. The van der Waals surface area contributed by atoms with Gasteiger partial charge in [0.05, 0.1) is 51.1 Å². The molecule has 0 atom stereocenters. The number of benzene rings is 1. The van der Waals surface area contributed by atoms with Crippen molar-refractivity contribution in [3.05, 3.63) is 66.9 Å². The summed E-state index contributed by atoms with van der Waals surface area (Å²) in [6.07, 6.45) is 8.59. The summed E-state index contributed by atoms with van der Waals surface area (Å²) in [5.41, 5.74) is 2.57. The molecule has 37 heavy (non-hydrogen) atoms. The Morgan fingerprint density at radius 2 is 1.95 bits per heavy atom. The Kier molecular flexibility index (Phi) is 6.64. The Morgan fingerprint density at radius 1 is 1.08 bits per heavy atom. The molecule has 5 aromatic rings. The number of fused-ring (bicyclic) bond motifs is 1. The van der Waals surface area contributed by atoms with Crippen molar-refractivity contribution in [2.75, 3.05) is 25.7 Å². The highest BCUT2D eigenvalue weighted by molar-refractivity contribution is 5.77. The van der Waals surface area contributed by atoms with Crippen molar-refractivity contribution in [3.63, 3.8) is 0 Å². The van der Waals surface area contributed by atoms with Crippen LogP contribution >= 0.6 is 0 Å². The first-order valence-corrected chi connectivity index (χ1v) is 11.4. The van der Waals surface area contributed by atoms with Gasteiger partial charge in [0.15, 0.2) is 17.2 Å². The van der Waals surface area contributed by atoms with Gasteiger partial charge in [0.2, 0.25) is 0 Å². The van der Waals surface area contributed by atoms with Gasteiger partial charge < -0.3 is 24.0 Å². The third-order valence-electron chi connectivity index (χ3n) is 5.85. The number of anilines is 2. The second kappa shape index (κ2) is 10.2. The zero-order valence-corrected chi connectivity index (χ0v) is 20.5. The SMILES string of the molecule is COc1cc(OC)c(F)c(N(Cc2nccn2CCO)c2ccc3ncc(-c4cnn(C)c4)nc3n2)c1. The van der Waals surface area contributed by atoms with E-state index in [2.05, 4.69) is 20.1 Å². The molecule has 0 aliphatic carbocycles. The Labute approximate surface area is 211 Å². The van der Waals surface area contributed by atoms with Gasteiger partial charge in [-0.1, -0.05) is 0 Å². The van der Waals surface area contributed by atoms with E-state index in [9.17, 15) is 5.11 Å². The van der Waals surface area contributed by atoms with Crippen LogP contribution in [0.15, 0.2) is 55.2 Å². The summed E-state index contributed by atoms with van der Waals surface area (Å²) in [5.74, 6) is 0.875. The summed E-state index contributed by atoms with van der Waals surface area (Å²) >= 11 is 0. The second-order valence-electron chi connectivity index (χ2n) is 8.18.